The summed E-state index contributed by atoms with van der Waals surface area (Å²) < 4.78 is 39.1. The quantitative estimate of drug-likeness (QED) is 0.469. The number of hydrogen-bond acceptors (Lipinski definition) is 6. The summed E-state index contributed by atoms with van der Waals surface area (Å²) in [5, 5.41) is 5.30. The van der Waals surface area contributed by atoms with Gasteiger partial charge in [-0.05, 0) is 62.2 Å². The highest BCUT2D eigenvalue weighted by Gasteiger charge is 2.23. The highest BCUT2D eigenvalue weighted by atomic mass is 32.2. The van der Waals surface area contributed by atoms with Gasteiger partial charge in [0.15, 0.2) is 0 Å². The number of methoxy groups -OCH3 is 1. The molecule has 10 heteroatoms. The molecule has 2 amide bonds. The Bertz CT molecular complexity index is 1100. The molecule has 1 aliphatic rings. The van der Waals surface area contributed by atoms with Crippen LogP contribution in [-0.2, 0) is 19.6 Å². The van der Waals surface area contributed by atoms with Crippen LogP contribution in [0.3, 0.4) is 0 Å². The van der Waals surface area contributed by atoms with Gasteiger partial charge in [0.05, 0.1) is 20.3 Å². The minimum atomic E-state index is -4.02. The van der Waals surface area contributed by atoms with Crippen LogP contribution in [0.5, 0.6) is 11.5 Å². The number of ether oxygens (including phenoxy) is 2. The first-order valence-electron chi connectivity index (χ1n) is 11.3. The maximum atomic E-state index is 13.0. The molecular weight excluding hydrogens is 458 g/mol. The van der Waals surface area contributed by atoms with Crippen molar-refractivity contribution in [1.82, 2.24) is 5.32 Å². The molecule has 0 spiro atoms. The summed E-state index contributed by atoms with van der Waals surface area (Å²) in [6.07, 6.45) is 4.87. The fourth-order valence-corrected chi connectivity index (χ4v) is 5.10. The molecule has 184 valence electrons. The zero-order chi connectivity index (χ0) is 24.6. The molecule has 0 aromatic heterocycles. The van der Waals surface area contributed by atoms with E-state index in [0.29, 0.717) is 18.0 Å². The summed E-state index contributed by atoms with van der Waals surface area (Å²) in [7, 11) is -2.65. The predicted octanol–water partition coefficient (Wildman–Crippen LogP) is 3.53. The Balaban J connectivity index is 1.66. The molecule has 2 aromatic carbocycles. The highest BCUT2D eigenvalue weighted by molar-refractivity contribution is 7.92. The highest BCUT2D eigenvalue weighted by Crippen LogP contribution is 2.29. The Morgan fingerprint density at radius 3 is 2.32 bits per heavy atom. The number of benzene rings is 2. The lowest BCUT2D eigenvalue weighted by Crippen LogP contribution is -2.37. The third kappa shape index (κ3) is 6.86. The molecule has 1 aliphatic carbocycles. The predicted molar refractivity (Wildman–Crippen MR) is 130 cm³/mol. The van der Waals surface area contributed by atoms with E-state index in [4.69, 9.17) is 9.47 Å². The molecule has 0 heterocycles. The van der Waals surface area contributed by atoms with Crippen LogP contribution in [0.4, 0.5) is 11.4 Å². The van der Waals surface area contributed by atoms with Crippen LogP contribution >= 0.6 is 0 Å². The van der Waals surface area contributed by atoms with E-state index in [1.165, 1.54) is 25.3 Å². The third-order valence-corrected chi connectivity index (χ3v) is 6.96. The van der Waals surface area contributed by atoms with Crippen LogP contribution in [0, 0.1) is 5.92 Å². The molecule has 0 unspecified atom stereocenters. The first kappa shape index (κ1) is 25.4. The average Bonchev–Trinajstić information content (AvgIpc) is 2.84. The van der Waals surface area contributed by atoms with Gasteiger partial charge in [0.25, 0.3) is 10.0 Å². The number of carbonyl (C=O) groups excluding carboxylic acids is 2. The Morgan fingerprint density at radius 2 is 1.68 bits per heavy atom. The summed E-state index contributed by atoms with van der Waals surface area (Å²) in [6.45, 7) is 2.18. The van der Waals surface area contributed by atoms with Gasteiger partial charge in [-0.3, -0.25) is 14.3 Å². The summed E-state index contributed by atoms with van der Waals surface area (Å²) in [5.74, 6) is 0.142. The minimum Gasteiger partial charge on any atom is -0.495 e. The lowest BCUT2D eigenvalue weighted by molar-refractivity contribution is -0.128. The van der Waals surface area contributed by atoms with Gasteiger partial charge in [-0.15, -0.1) is 0 Å². The average molecular weight is 490 g/mol. The maximum absolute atomic E-state index is 13.0. The van der Waals surface area contributed by atoms with E-state index in [1.807, 2.05) is 6.92 Å². The molecule has 1 saturated carbocycles. The molecule has 9 nitrogen and oxygen atoms in total. The van der Waals surface area contributed by atoms with Crippen molar-refractivity contribution in [3.05, 3.63) is 42.5 Å². The van der Waals surface area contributed by atoms with Crippen molar-refractivity contribution < 1.29 is 27.5 Å². The van der Waals surface area contributed by atoms with Crippen LogP contribution in [0.1, 0.15) is 39.0 Å². The number of hydrogen-bond donors (Lipinski definition) is 3. The van der Waals surface area contributed by atoms with E-state index < -0.39 is 15.9 Å². The van der Waals surface area contributed by atoms with E-state index >= 15 is 0 Å². The minimum absolute atomic E-state index is 0.0482. The van der Waals surface area contributed by atoms with Crippen LogP contribution in [0.25, 0.3) is 0 Å². The molecular formula is C24H31N3O6S. The van der Waals surface area contributed by atoms with E-state index in [2.05, 4.69) is 15.4 Å². The summed E-state index contributed by atoms with van der Waals surface area (Å²) in [4.78, 5) is 24.5. The van der Waals surface area contributed by atoms with Crippen LogP contribution in [0.15, 0.2) is 47.4 Å². The number of nitrogens with one attached hydrogen (secondary N) is 3. The molecule has 0 aliphatic heterocycles. The number of anilines is 2. The number of amides is 2. The topological polar surface area (TPSA) is 123 Å². The zero-order valence-corrected chi connectivity index (χ0v) is 20.2. The molecule has 0 atom stereocenters. The Morgan fingerprint density at radius 1 is 1.00 bits per heavy atom. The number of sulfonamides is 1. The fourth-order valence-electron chi connectivity index (χ4n) is 3.84. The van der Waals surface area contributed by atoms with Crippen molar-refractivity contribution in [3.8, 4) is 11.5 Å². The lowest BCUT2D eigenvalue weighted by Gasteiger charge is -2.20. The SMILES string of the molecule is CCOc1ccc(NS(=O)(=O)c2cc(NC(=O)CNC(=O)C3CCCCC3)ccc2OC)cc1. The number of carbonyl (C=O) groups is 2. The molecule has 0 saturated heterocycles. The second-order valence-corrected chi connectivity index (χ2v) is 9.68. The zero-order valence-electron chi connectivity index (χ0n) is 19.4. The molecule has 0 bridgehead atoms. The first-order valence-corrected chi connectivity index (χ1v) is 12.8. The number of rotatable bonds is 10. The summed E-state index contributed by atoms with van der Waals surface area (Å²) >= 11 is 0. The van der Waals surface area contributed by atoms with Gasteiger partial charge >= 0.3 is 0 Å². The Kier molecular flexibility index (Phi) is 8.75. The van der Waals surface area contributed by atoms with Gasteiger partial charge in [0.2, 0.25) is 11.8 Å². The van der Waals surface area contributed by atoms with Crippen LogP contribution < -0.4 is 24.8 Å². The van der Waals surface area contributed by atoms with Crippen LogP contribution in [-0.4, -0.2) is 40.5 Å². The van der Waals surface area contributed by atoms with Crippen molar-refractivity contribution in [2.24, 2.45) is 5.92 Å². The first-order chi connectivity index (χ1) is 16.3. The molecule has 2 aromatic rings. The molecule has 3 N–H and O–H groups in total. The van der Waals surface area contributed by atoms with E-state index in [0.717, 1.165) is 32.1 Å². The van der Waals surface area contributed by atoms with Crippen LogP contribution in [0.2, 0.25) is 0 Å². The maximum Gasteiger partial charge on any atom is 0.265 e. The standard InChI is InChI=1S/C24H31N3O6S/c1-3-33-20-12-9-18(10-13-20)27-34(30,31)22-15-19(11-14-21(22)32-2)26-23(28)16-25-24(29)17-7-5-4-6-8-17/h9-15,17,27H,3-8,16H2,1-2H3,(H,25,29)(H,26,28). The molecule has 34 heavy (non-hydrogen) atoms. The molecule has 1 fully saturated rings. The van der Waals surface area contributed by atoms with Gasteiger partial charge < -0.3 is 20.1 Å². The lowest BCUT2D eigenvalue weighted by atomic mass is 9.89. The van der Waals surface area contributed by atoms with Gasteiger partial charge in [-0.25, -0.2) is 8.42 Å². The van der Waals surface area contributed by atoms with Crippen molar-refractivity contribution in [3.63, 3.8) is 0 Å². The summed E-state index contributed by atoms with van der Waals surface area (Å²) in [6, 6.07) is 10.8. The Hall–Kier alpha value is -3.27. The van der Waals surface area contributed by atoms with Gasteiger partial charge in [-0.2, -0.15) is 0 Å². The second-order valence-electron chi connectivity index (χ2n) is 8.03. The summed E-state index contributed by atoms with van der Waals surface area (Å²) in [5.41, 5.74) is 0.621. The smallest absolute Gasteiger partial charge is 0.265 e. The van der Waals surface area contributed by atoms with Gasteiger partial charge in [-0.1, -0.05) is 19.3 Å². The van der Waals surface area contributed by atoms with Gasteiger partial charge in [0, 0.05) is 17.3 Å². The Labute approximate surface area is 200 Å². The van der Waals surface area contributed by atoms with Crippen molar-refractivity contribution in [2.45, 2.75) is 43.9 Å². The van der Waals surface area contributed by atoms with Crippen molar-refractivity contribution in [1.29, 1.82) is 0 Å². The largest absolute Gasteiger partial charge is 0.495 e. The van der Waals surface area contributed by atoms with Crippen molar-refractivity contribution >= 4 is 33.2 Å². The monoisotopic (exact) mass is 489 g/mol. The molecule has 3 rings (SSSR count). The fraction of sp³-hybridized carbons (Fsp3) is 0.417. The van der Waals surface area contributed by atoms with Gasteiger partial charge in [0.1, 0.15) is 16.4 Å². The van der Waals surface area contributed by atoms with E-state index in [1.54, 1.807) is 24.3 Å². The van der Waals surface area contributed by atoms with E-state index in [-0.39, 0.29) is 34.7 Å². The third-order valence-electron chi connectivity index (χ3n) is 5.55. The van der Waals surface area contributed by atoms with Crippen molar-refractivity contribution in [2.75, 3.05) is 30.3 Å². The second kappa shape index (κ2) is 11.7. The molecule has 0 radical (unpaired) electrons. The van der Waals surface area contributed by atoms with E-state index in [9.17, 15) is 18.0 Å². The normalized spacial score (nSPS) is 14.2.